The molecule has 1 fully saturated rings. The molecule has 0 bridgehead atoms. The molecule has 19 heavy (non-hydrogen) atoms. The summed E-state index contributed by atoms with van der Waals surface area (Å²) in [5.74, 6) is 1.83. The minimum atomic E-state index is 0. The summed E-state index contributed by atoms with van der Waals surface area (Å²) in [6.45, 7) is 3.21. The Kier molecular flexibility index (Phi) is 7.75. The Bertz CT molecular complexity index is 370. The average Bonchev–Trinajstić information content (AvgIpc) is 2.90. The molecule has 0 spiro atoms. The SMILES string of the molecule is CN=C(NCc1cccs1)NC1CCC(C)CC1.I. The molecule has 0 aromatic carbocycles. The minimum absolute atomic E-state index is 0. The third kappa shape index (κ3) is 5.69. The zero-order valence-electron chi connectivity index (χ0n) is 11.7. The van der Waals surface area contributed by atoms with Crippen molar-refractivity contribution in [1.29, 1.82) is 0 Å². The van der Waals surface area contributed by atoms with Crippen molar-refractivity contribution in [1.82, 2.24) is 10.6 Å². The van der Waals surface area contributed by atoms with E-state index in [9.17, 15) is 0 Å². The monoisotopic (exact) mass is 393 g/mol. The van der Waals surface area contributed by atoms with E-state index < -0.39 is 0 Å². The summed E-state index contributed by atoms with van der Waals surface area (Å²) < 4.78 is 0. The van der Waals surface area contributed by atoms with Crippen LogP contribution in [0.3, 0.4) is 0 Å². The van der Waals surface area contributed by atoms with E-state index in [0.29, 0.717) is 6.04 Å². The van der Waals surface area contributed by atoms with Crippen LogP contribution in [0.25, 0.3) is 0 Å². The van der Waals surface area contributed by atoms with Crippen LogP contribution in [0.5, 0.6) is 0 Å². The first-order valence-electron chi connectivity index (χ1n) is 6.77. The van der Waals surface area contributed by atoms with Gasteiger partial charge in [-0.3, -0.25) is 4.99 Å². The van der Waals surface area contributed by atoms with Gasteiger partial charge in [-0.15, -0.1) is 35.3 Å². The second-order valence-corrected chi connectivity index (χ2v) is 6.14. The summed E-state index contributed by atoms with van der Waals surface area (Å²) in [4.78, 5) is 5.64. The van der Waals surface area contributed by atoms with E-state index in [4.69, 9.17) is 0 Å². The third-order valence-electron chi connectivity index (χ3n) is 3.59. The Labute approximate surface area is 137 Å². The van der Waals surface area contributed by atoms with Gasteiger partial charge in [-0.2, -0.15) is 0 Å². The molecule has 0 radical (unpaired) electrons. The lowest BCUT2D eigenvalue weighted by atomic mass is 9.87. The second kappa shape index (κ2) is 8.79. The average molecular weight is 393 g/mol. The van der Waals surface area contributed by atoms with Crippen molar-refractivity contribution in [2.24, 2.45) is 10.9 Å². The molecule has 2 rings (SSSR count). The maximum absolute atomic E-state index is 4.30. The molecule has 1 heterocycles. The number of nitrogens with zero attached hydrogens (tertiary/aromatic N) is 1. The number of thiophene rings is 1. The highest BCUT2D eigenvalue weighted by atomic mass is 127. The normalized spacial score (nSPS) is 23.6. The molecule has 1 saturated carbocycles. The predicted molar refractivity (Wildman–Crippen MR) is 94.5 cm³/mol. The van der Waals surface area contributed by atoms with Crippen molar-refractivity contribution in [2.75, 3.05) is 7.05 Å². The first kappa shape index (κ1) is 16.8. The highest BCUT2D eigenvalue weighted by Gasteiger charge is 2.18. The lowest BCUT2D eigenvalue weighted by molar-refractivity contribution is 0.329. The van der Waals surface area contributed by atoms with Gasteiger partial charge in [0.2, 0.25) is 0 Å². The number of halogens is 1. The topological polar surface area (TPSA) is 36.4 Å². The van der Waals surface area contributed by atoms with Crippen molar-refractivity contribution in [3.05, 3.63) is 22.4 Å². The molecule has 1 aliphatic rings. The number of rotatable bonds is 3. The quantitative estimate of drug-likeness (QED) is 0.468. The summed E-state index contributed by atoms with van der Waals surface area (Å²) in [5, 5.41) is 9.02. The molecule has 0 aliphatic heterocycles. The van der Waals surface area contributed by atoms with Gasteiger partial charge < -0.3 is 10.6 Å². The van der Waals surface area contributed by atoms with E-state index in [-0.39, 0.29) is 24.0 Å². The van der Waals surface area contributed by atoms with E-state index in [2.05, 4.69) is 40.1 Å². The Hall–Kier alpha value is -0.300. The van der Waals surface area contributed by atoms with Crippen LogP contribution in [0.2, 0.25) is 0 Å². The maximum atomic E-state index is 4.30. The first-order chi connectivity index (χ1) is 8.78. The van der Waals surface area contributed by atoms with Crippen LogP contribution in [-0.2, 0) is 6.54 Å². The molecule has 3 nitrogen and oxygen atoms in total. The fraction of sp³-hybridized carbons (Fsp3) is 0.643. The molecule has 108 valence electrons. The standard InChI is InChI=1S/C14H23N3S.HI/c1-11-5-7-12(8-6-11)17-14(15-2)16-10-13-4-3-9-18-13;/h3-4,9,11-12H,5-8,10H2,1-2H3,(H2,15,16,17);1H. The van der Waals surface area contributed by atoms with Gasteiger partial charge in [-0.05, 0) is 43.0 Å². The van der Waals surface area contributed by atoms with Gasteiger partial charge in [0.25, 0.3) is 0 Å². The van der Waals surface area contributed by atoms with Gasteiger partial charge >= 0.3 is 0 Å². The number of aliphatic imine (C=N–C) groups is 1. The first-order valence-corrected chi connectivity index (χ1v) is 7.65. The molecular formula is C14H24IN3S. The summed E-state index contributed by atoms with van der Waals surface area (Å²) in [5.41, 5.74) is 0. The van der Waals surface area contributed by atoms with Crippen molar-refractivity contribution in [3.8, 4) is 0 Å². The molecule has 1 aromatic heterocycles. The van der Waals surface area contributed by atoms with E-state index in [0.717, 1.165) is 18.4 Å². The van der Waals surface area contributed by atoms with Crippen LogP contribution < -0.4 is 10.6 Å². The molecule has 2 N–H and O–H groups in total. The zero-order chi connectivity index (χ0) is 12.8. The second-order valence-electron chi connectivity index (χ2n) is 5.11. The van der Waals surface area contributed by atoms with Crippen molar-refractivity contribution < 1.29 is 0 Å². The van der Waals surface area contributed by atoms with Crippen LogP contribution in [0.1, 0.15) is 37.5 Å². The van der Waals surface area contributed by atoms with Crippen molar-refractivity contribution >= 4 is 41.3 Å². The maximum Gasteiger partial charge on any atom is 0.191 e. The largest absolute Gasteiger partial charge is 0.354 e. The molecule has 0 amide bonds. The minimum Gasteiger partial charge on any atom is -0.354 e. The van der Waals surface area contributed by atoms with Gasteiger partial charge in [-0.25, -0.2) is 0 Å². The third-order valence-corrected chi connectivity index (χ3v) is 4.47. The molecule has 0 unspecified atom stereocenters. The Morgan fingerprint density at radius 3 is 2.68 bits per heavy atom. The summed E-state index contributed by atoms with van der Waals surface area (Å²) in [7, 11) is 1.84. The van der Waals surface area contributed by atoms with Gasteiger partial charge in [0.05, 0.1) is 6.54 Å². The van der Waals surface area contributed by atoms with Gasteiger partial charge in [0, 0.05) is 18.0 Å². The van der Waals surface area contributed by atoms with E-state index in [1.807, 2.05) is 7.05 Å². The van der Waals surface area contributed by atoms with Gasteiger partial charge in [-0.1, -0.05) is 13.0 Å². The lowest BCUT2D eigenvalue weighted by Gasteiger charge is -2.28. The van der Waals surface area contributed by atoms with E-state index >= 15 is 0 Å². The summed E-state index contributed by atoms with van der Waals surface area (Å²) >= 11 is 1.78. The van der Waals surface area contributed by atoms with Gasteiger partial charge in [0.15, 0.2) is 5.96 Å². The van der Waals surface area contributed by atoms with Crippen LogP contribution in [0.4, 0.5) is 0 Å². The molecule has 0 saturated heterocycles. The molecule has 1 aliphatic carbocycles. The van der Waals surface area contributed by atoms with Crippen molar-refractivity contribution in [3.63, 3.8) is 0 Å². The van der Waals surface area contributed by atoms with Crippen LogP contribution >= 0.6 is 35.3 Å². The summed E-state index contributed by atoms with van der Waals surface area (Å²) in [6, 6.07) is 4.82. The van der Waals surface area contributed by atoms with Crippen molar-refractivity contribution in [2.45, 2.75) is 45.2 Å². The van der Waals surface area contributed by atoms with Crippen LogP contribution in [0.15, 0.2) is 22.5 Å². The number of hydrogen-bond acceptors (Lipinski definition) is 2. The lowest BCUT2D eigenvalue weighted by Crippen LogP contribution is -2.44. The van der Waals surface area contributed by atoms with Gasteiger partial charge in [0.1, 0.15) is 0 Å². The number of guanidine groups is 1. The fourth-order valence-corrected chi connectivity index (χ4v) is 3.02. The molecular weight excluding hydrogens is 369 g/mol. The zero-order valence-corrected chi connectivity index (χ0v) is 14.8. The van der Waals surface area contributed by atoms with E-state index in [1.165, 1.54) is 30.6 Å². The Morgan fingerprint density at radius 2 is 2.11 bits per heavy atom. The van der Waals surface area contributed by atoms with E-state index in [1.54, 1.807) is 11.3 Å². The number of hydrogen-bond donors (Lipinski definition) is 2. The molecule has 5 heteroatoms. The predicted octanol–water partition coefficient (Wildman–Crippen LogP) is 3.61. The van der Waals surface area contributed by atoms with Crippen LogP contribution in [0, 0.1) is 5.92 Å². The fourth-order valence-electron chi connectivity index (χ4n) is 2.38. The Morgan fingerprint density at radius 1 is 1.37 bits per heavy atom. The van der Waals surface area contributed by atoms with Crippen LogP contribution in [-0.4, -0.2) is 19.0 Å². The summed E-state index contributed by atoms with van der Waals surface area (Å²) in [6.07, 6.45) is 5.20. The number of nitrogens with one attached hydrogen (secondary N) is 2. The molecule has 1 aromatic rings. The Balaban J connectivity index is 0.00000180. The highest BCUT2D eigenvalue weighted by Crippen LogP contribution is 2.23. The molecule has 0 atom stereocenters. The smallest absolute Gasteiger partial charge is 0.191 e. The highest BCUT2D eigenvalue weighted by molar-refractivity contribution is 14.0.